The molecule has 0 aromatic heterocycles. The summed E-state index contributed by atoms with van der Waals surface area (Å²) < 4.78 is 5.40. The van der Waals surface area contributed by atoms with Crippen molar-refractivity contribution < 1.29 is 14.9 Å². The number of ether oxygens (including phenoxy) is 1. The van der Waals surface area contributed by atoms with Gasteiger partial charge in [-0.2, -0.15) is 0 Å². The van der Waals surface area contributed by atoms with Gasteiger partial charge in [-0.25, -0.2) is 0 Å². The van der Waals surface area contributed by atoms with Gasteiger partial charge in [0.25, 0.3) is 0 Å². The molecule has 1 atom stereocenters. The molecule has 0 aromatic rings. The van der Waals surface area contributed by atoms with Crippen LogP contribution in [0.25, 0.3) is 0 Å². The van der Waals surface area contributed by atoms with Crippen molar-refractivity contribution in [3.05, 3.63) is 0 Å². The van der Waals surface area contributed by atoms with Crippen LogP contribution >= 0.6 is 0 Å². The zero-order valence-electron chi connectivity index (χ0n) is 11.0. The summed E-state index contributed by atoms with van der Waals surface area (Å²) in [7, 11) is 0. The van der Waals surface area contributed by atoms with Crippen molar-refractivity contribution >= 4 is 0 Å². The second kappa shape index (κ2) is 8.01. The largest absolute Gasteiger partial charge is 0.396 e. The van der Waals surface area contributed by atoms with E-state index in [1.807, 2.05) is 13.8 Å². The Kier molecular flexibility index (Phi) is 7.93. The van der Waals surface area contributed by atoms with Gasteiger partial charge in [0.05, 0.1) is 19.8 Å². The molecule has 16 heavy (non-hydrogen) atoms. The lowest BCUT2D eigenvalue weighted by molar-refractivity contribution is 0.0548. The molecule has 0 aliphatic rings. The Morgan fingerprint density at radius 1 is 1.25 bits per heavy atom. The Hall–Kier alpha value is -0.160. The molecule has 1 unspecified atom stereocenters. The predicted molar refractivity (Wildman–Crippen MR) is 65.4 cm³/mol. The molecule has 0 rings (SSSR count). The van der Waals surface area contributed by atoms with Gasteiger partial charge in [-0.15, -0.1) is 0 Å². The van der Waals surface area contributed by atoms with Crippen molar-refractivity contribution in [3.8, 4) is 0 Å². The van der Waals surface area contributed by atoms with Gasteiger partial charge < -0.3 is 20.3 Å². The van der Waals surface area contributed by atoms with E-state index < -0.39 is 5.41 Å². The minimum Gasteiger partial charge on any atom is -0.396 e. The van der Waals surface area contributed by atoms with Gasteiger partial charge in [0.1, 0.15) is 0 Å². The van der Waals surface area contributed by atoms with E-state index in [0.717, 1.165) is 0 Å². The zero-order chi connectivity index (χ0) is 12.6. The van der Waals surface area contributed by atoms with E-state index in [-0.39, 0.29) is 19.3 Å². The van der Waals surface area contributed by atoms with E-state index >= 15 is 0 Å². The van der Waals surface area contributed by atoms with Crippen LogP contribution in [0.5, 0.6) is 0 Å². The molecule has 0 bridgehead atoms. The maximum absolute atomic E-state index is 9.18. The van der Waals surface area contributed by atoms with Gasteiger partial charge >= 0.3 is 0 Å². The quantitative estimate of drug-likeness (QED) is 0.546. The summed E-state index contributed by atoms with van der Waals surface area (Å²) >= 11 is 0. The number of nitrogens with one attached hydrogen (secondary N) is 1. The summed E-state index contributed by atoms with van der Waals surface area (Å²) in [6, 6.07) is 0.261. The Labute approximate surface area is 99.0 Å². The summed E-state index contributed by atoms with van der Waals surface area (Å²) in [5, 5.41) is 21.7. The third-order valence-electron chi connectivity index (χ3n) is 2.86. The lowest BCUT2D eigenvalue weighted by Crippen LogP contribution is -2.46. The minimum absolute atomic E-state index is 0.0179. The number of aliphatic hydroxyl groups excluding tert-OH is 2. The van der Waals surface area contributed by atoms with E-state index in [1.165, 1.54) is 0 Å². The van der Waals surface area contributed by atoms with Gasteiger partial charge in [-0.1, -0.05) is 20.8 Å². The van der Waals surface area contributed by atoms with Gasteiger partial charge in [-0.05, 0) is 12.8 Å². The summed E-state index contributed by atoms with van der Waals surface area (Å²) in [5.41, 5.74) is -0.459. The van der Waals surface area contributed by atoms with Gasteiger partial charge in [0.2, 0.25) is 0 Å². The molecule has 0 saturated carbocycles. The number of hydrogen-bond acceptors (Lipinski definition) is 4. The first-order chi connectivity index (χ1) is 7.49. The molecular formula is C12H27NO3. The third kappa shape index (κ3) is 5.80. The molecule has 0 radical (unpaired) electrons. The second-order valence-electron chi connectivity index (χ2n) is 5.02. The summed E-state index contributed by atoms with van der Waals surface area (Å²) in [5.74, 6) is 0.466. The van der Waals surface area contributed by atoms with Crippen LogP contribution in [0, 0.1) is 11.3 Å². The highest BCUT2D eigenvalue weighted by molar-refractivity contribution is 4.79. The fourth-order valence-electron chi connectivity index (χ4n) is 1.27. The van der Waals surface area contributed by atoms with Crippen molar-refractivity contribution in [1.29, 1.82) is 0 Å². The monoisotopic (exact) mass is 233 g/mol. The molecule has 0 fully saturated rings. The van der Waals surface area contributed by atoms with Crippen LogP contribution in [0.3, 0.4) is 0 Å². The Bertz CT molecular complexity index is 170. The van der Waals surface area contributed by atoms with Crippen LogP contribution in [-0.4, -0.2) is 49.2 Å². The first-order valence-corrected chi connectivity index (χ1v) is 6.02. The molecule has 0 heterocycles. The van der Waals surface area contributed by atoms with Gasteiger partial charge in [-0.3, -0.25) is 0 Å². The number of hydrogen-bond donors (Lipinski definition) is 3. The van der Waals surface area contributed by atoms with Crippen LogP contribution in [-0.2, 0) is 4.74 Å². The van der Waals surface area contributed by atoms with Gasteiger partial charge in [0, 0.05) is 24.6 Å². The van der Waals surface area contributed by atoms with E-state index in [0.29, 0.717) is 25.7 Å². The summed E-state index contributed by atoms with van der Waals surface area (Å²) in [6.07, 6.45) is 0. The molecule has 0 aliphatic carbocycles. The normalized spacial score (nSPS) is 14.4. The number of aliphatic hydroxyl groups is 2. The highest BCUT2D eigenvalue weighted by atomic mass is 16.5. The molecule has 4 heteroatoms. The highest BCUT2D eigenvalue weighted by Crippen LogP contribution is 2.13. The lowest BCUT2D eigenvalue weighted by Gasteiger charge is -2.30. The van der Waals surface area contributed by atoms with Crippen LogP contribution in [0.15, 0.2) is 0 Å². The zero-order valence-corrected chi connectivity index (χ0v) is 11.0. The van der Waals surface area contributed by atoms with Crippen molar-refractivity contribution in [1.82, 2.24) is 5.32 Å². The van der Waals surface area contributed by atoms with Crippen molar-refractivity contribution in [2.75, 3.05) is 33.0 Å². The van der Waals surface area contributed by atoms with E-state index in [4.69, 9.17) is 4.74 Å². The lowest BCUT2D eigenvalue weighted by atomic mass is 9.92. The molecule has 0 saturated heterocycles. The fourth-order valence-corrected chi connectivity index (χ4v) is 1.27. The van der Waals surface area contributed by atoms with E-state index in [9.17, 15) is 10.2 Å². The standard InChI is InChI=1S/C12H27NO3/c1-5-16-6-11(10(2)3)13-7-12(4,8-14)9-15/h10-11,13-15H,5-9H2,1-4H3. The summed E-state index contributed by atoms with van der Waals surface area (Å²) in [4.78, 5) is 0. The molecule has 98 valence electrons. The highest BCUT2D eigenvalue weighted by Gasteiger charge is 2.24. The SMILES string of the molecule is CCOCC(NCC(C)(CO)CO)C(C)C. The Balaban J connectivity index is 4.09. The van der Waals surface area contributed by atoms with Crippen LogP contribution in [0.4, 0.5) is 0 Å². The van der Waals surface area contributed by atoms with Crippen molar-refractivity contribution in [2.45, 2.75) is 33.7 Å². The molecular weight excluding hydrogens is 206 g/mol. The van der Waals surface area contributed by atoms with E-state index in [1.54, 1.807) is 0 Å². The Morgan fingerprint density at radius 3 is 2.19 bits per heavy atom. The molecule has 0 spiro atoms. The predicted octanol–water partition coefficient (Wildman–Crippen LogP) is 0.628. The smallest absolute Gasteiger partial charge is 0.0621 e. The van der Waals surface area contributed by atoms with Crippen LogP contribution in [0.2, 0.25) is 0 Å². The first kappa shape index (κ1) is 15.8. The first-order valence-electron chi connectivity index (χ1n) is 6.02. The molecule has 4 nitrogen and oxygen atoms in total. The van der Waals surface area contributed by atoms with Crippen molar-refractivity contribution in [2.24, 2.45) is 11.3 Å². The van der Waals surface area contributed by atoms with E-state index in [2.05, 4.69) is 19.2 Å². The average Bonchev–Trinajstić information content (AvgIpc) is 2.28. The third-order valence-corrected chi connectivity index (χ3v) is 2.86. The maximum Gasteiger partial charge on any atom is 0.0621 e. The molecule has 3 N–H and O–H groups in total. The number of rotatable bonds is 9. The molecule has 0 amide bonds. The second-order valence-corrected chi connectivity index (χ2v) is 5.02. The maximum atomic E-state index is 9.18. The average molecular weight is 233 g/mol. The summed E-state index contributed by atoms with van der Waals surface area (Å²) in [6.45, 7) is 10.0. The van der Waals surface area contributed by atoms with Crippen LogP contribution < -0.4 is 5.32 Å². The topological polar surface area (TPSA) is 61.7 Å². The molecule has 0 aromatic carbocycles. The fraction of sp³-hybridized carbons (Fsp3) is 1.00. The minimum atomic E-state index is -0.459. The Morgan fingerprint density at radius 2 is 1.81 bits per heavy atom. The van der Waals surface area contributed by atoms with Crippen molar-refractivity contribution in [3.63, 3.8) is 0 Å². The van der Waals surface area contributed by atoms with Crippen LogP contribution in [0.1, 0.15) is 27.7 Å². The molecule has 0 aliphatic heterocycles. The van der Waals surface area contributed by atoms with Gasteiger partial charge in [0.15, 0.2) is 0 Å².